The number of amides is 1. The van der Waals surface area contributed by atoms with Crippen LogP contribution in [0.15, 0.2) is 36.4 Å². The number of alkyl halides is 3. The van der Waals surface area contributed by atoms with E-state index in [1.54, 1.807) is 0 Å². The number of hydrogen-bond donors (Lipinski definition) is 0. The summed E-state index contributed by atoms with van der Waals surface area (Å²) >= 11 is 6.65. The van der Waals surface area contributed by atoms with Crippen molar-refractivity contribution in [1.82, 2.24) is 19.8 Å². The molecule has 0 spiro atoms. The van der Waals surface area contributed by atoms with Crippen LogP contribution in [0.1, 0.15) is 30.5 Å². The third-order valence-corrected chi connectivity index (χ3v) is 9.20. The minimum Gasteiger partial charge on any atom is -0.462 e. The summed E-state index contributed by atoms with van der Waals surface area (Å²) in [6.45, 7) is 2.54. The molecule has 9 nitrogen and oxygen atoms in total. The lowest BCUT2D eigenvalue weighted by Gasteiger charge is -2.42. The third kappa shape index (κ3) is 5.95. The van der Waals surface area contributed by atoms with Crippen LogP contribution in [-0.2, 0) is 17.8 Å². The predicted octanol–water partition coefficient (Wildman–Crippen LogP) is 4.81. The highest BCUT2D eigenvalue weighted by atomic mass is 35.5. The molecule has 3 aliphatic heterocycles. The molecule has 0 saturated carbocycles. The number of carbonyl (C=O) groups is 1. The number of carbonyl (C=O) groups excluding carboxylic acids is 1. The molecule has 0 bridgehead atoms. The van der Waals surface area contributed by atoms with Crippen LogP contribution in [-0.4, -0.2) is 90.3 Å². The summed E-state index contributed by atoms with van der Waals surface area (Å²) in [5.74, 6) is -1.33. The molecule has 1 aromatic heterocycles. The van der Waals surface area contributed by atoms with Gasteiger partial charge in [0.05, 0.1) is 35.8 Å². The smallest absolute Gasteiger partial charge is 0.462 e. The largest absolute Gasteiger partial charge is 0.471 e. The van der Waals surface area contributed by atoms with E-state index in [9.17, 15) is 23.2 Å². The number of rotatable bonds is 6. The van der Waals surface area contributed by atoms with Gasteiger partial charge in [0.15, 0.2) is 0 Å². The van der Waals surface area contributed by atoms with E-state index in [2.05, 4.69) is 16.8 Å². The van der Waals surface area contributed by atoms with Crippen LogP contribution >= 0.6 is 11.6 Å². The maximum absolute atomic E-state index is 13.3. The number of halogens is 4. The second kappa shape index (κ2) is 12.3. The van der Waals surface area contributed by atoms with E-state index < -0.39 is 18.1 Å². The number of fused-ring (bicyclic) bond motifs is 2. The average molecular weight is 628 g/mol. The number of nitriles is 1. The normalized spacial score (nSPS) is 21.0. The van der Waals surface area contributed by atoms with E-state index in [0.29, 0.717) is 37.0 Å². The number of hydrogen-bond acceptors (Lipinski definition) is 8. The molecule has 4 heterocycles. The standard InChI is InChI=1S/C31H33ClF3N7O2/c1-39-13-4-7-22(39)19-44-30-37-25-18-40(26-9-3-6-20-5-2-8-24(32)27(20)26)14-11-23(25)28(38-30)41-15-16-42(21(17-41)10-12-36)29(43)31(33,34)35/h2-3,5-6,8-9,21-22H,4,7,10-11,13-19H2,1H3/t21-,22-/m0/s1. The van der Waals surface area contributed by atoms with Crippen molar-refractivity contribution < 1.29 is 22.7 Å². The molecular weight excluding hydrogens is 595 g/mol. The molecule has 6 rings (SSSR count). The van der Waals surface area contributed by atoms with E-state index in [0.717, 1.165) is 52.0 Å². The lowest BCUT2D eigenvalue weighted by molar-refractivity contribution is -0.188. The molecule has 0 unspecified atom stereocenters. The molecule has 1 amide bonds. The van der Waals surface area contributed by atoms with E-state index in [4.69, 9.17) is 26.3 Å². The molecule has 2 atom stereocenters. The summed E-state index contributed by atoms with van der Waals surface area (Å²) in [6, 6.07) is 13.4. The Morgan fingerprint density at radius 3 is 2.61 bits per heavy atom. The van der Waals surface area contributed by atoms with Crippen molar-refractivity contribution in [3.05, 3.63) is 52.7 Å². The fourth-order valence-corrected chi connectivity index (χ4v) is 6.86. The van der Waals surface area contributed by atoms with Gasteiger partial charge in [-0.25, -0.2) is 0 Å². The molecule has 44 heavy (non-hydrogen) atoms. The summed E-state index contributed by atoms with van der Waals surface area (Å²) in [4.78, 5) is 28.9. The number of likely N-dealkylation sites (N-methyl/N-ethyl adjacent to an activating group) is 1. The number of piperazine rings is 1. The van der Waals surface area contributed by atoms with Crippen LogP contribution in [0, 0.1) is 11.3 Å². The molecule has 0 N–H and O–H groups in total. The molecule has 2 fully saturated rings. The van der Waals surface area contributed by atoms with Crippen molar-refractivity contribution in [3.63, 3.8) is 0 Å². The summed E-state index contributed by atoms with van der Waals surface area (Å²) in [5, 5.41) is 12.0. The first-order valence-corrected chi connectivity index (χ1v) is 15.2. The fraction of sp³-hybridized carbons (Fsp3) is 0.484. The summed E-state index contributed by atoms with van der Waals surface area (Å²) in [5.41, 5.74) is 2.65. The topological polar surface area (TPSA) is 88.8 Å². The van der Waals surface area contributed by atoms with Gasteiger partial charge >= 0.3 is 18.1 Å². The molecule has 232 valence electrons. The number of nitrogens with zero attached hydrogens (tertiary/aromatic N) is 7. The minimum absolute atomic E-state index is 0.0479. The number of aromatic nitrogens is 2. The van der Waals surface area contributed by atoms with Gasteiger partial charge in [0.25, 0.3) is 0 Å². The summed E-state index contributed by atoms with van der Waals surface area (Å²) in [6.07, 6.45) is -2.55. The highest BCUT2D eigenvalue weighted by Crippen LogP contribution is 2.37. The van der Waals surface area contributed by atoms with Crippen molar-refractivity contribution in [3.8, 4) is 12.1 Å². The second-order valence-corrected chi connectivity index (χ2v) is 12.0. The van der Waals surface area contributed by atoms with Crippen molar-refractivity contribution >= 4 is 39.8 Å². The Hall–Kier alpha value is -3.82. The number of likely N-dealkylation sites (tertiary alicyclic amines) is 1. The SMILES string of the molecule is CN1CCC[C@H]1COc1nc2c(c(N3CCN(C(=O)C(F)(F)F)[C@@H](CC#N)C3)n1)CCN(c1cccc3cccc(Cl)c13)C2. The molecule has 2 saturated heterocycles. The zero-order valence-electron chi connectivity index (χ0n) is 24.4. The van der Waals surface area contributed by atoms with Gasteiger partial charge in [-0.1, -0.05) is 35.9 Å². The van der Waals surface area contributed by atoms with E-state index >= 15 is 0 Å². The van der Waals surface area contributed by atoms with Gasteiger partial charge < -0.3 is 24.3 Å². The minimum atomic E-state index is -5.01. The Bertz CT molecular complexity index is 1590. The summed E-state index contributed by atoms with van der Waals surface area (Å²) < 4.78 is 46.2. The van der Waals surface area contributed by atoms with E-state index in [-0.39, 0.29) is 38.1 Å². The van der Waals surface area contributed by atoms with Crippen molar-refractivity contribution in [2.45, 2.75) is 50.5 Å². The van der Waals surface area contributed by atoms with Crippen LogP contribution in [0.25, 0.3) is 10.8 Å². The lowest BCUT2D eigenvalue weighted by atomic mass is 10.0. The first-order valence-electron chi connectivity index (χ1n) is 14.8. The van der Waals surface area contributed by atoms with E-state index in [1.165, 1.54) is 0 Å². The zero-order chi connectivity index (χ0) is 31.0. The van der Waals surface area contributed by atoms with E-state index in [1.807, 2.05) is 47.4 Å². The maximum atomic E-state index is 13.3. The molecule has 3 aromatic rings. The molecule has 3 aliphatic rings. The number of benzene rings is 2. The van der Waals surface area contributed by atoms with Crippen molar-refractivity contribution in [2.75, 3.05) is 56.2 Å². The average Bonchev–Trinajstić information content (AvgIpc) is 3.43. The molecule has 2 aromatic carbocycles. The maximum Gasteiger partial charge on any atom is 0.471 e. The third-order valence-electron chi connectivity index (χ3n) is 8.88. The zero-order valence-corrected chi connectivity index (χ0v) is 25.1. The summed E-state index contributed by atoms with van der Waals surface area (Å²) in [7, 11) is 2.06. The fourth-order valence-electron chi connectivity index (χ4n) is 6.58. The Kier molecular flexibility index (Phi) is 8.44. The second-order valence-electron chi connectivity index (χ2n) is 11.6. The molecule has 13 heteroatoms. The van der Waals surface area contributed by atoms with Crippen LogP contribution in [0.4, 0.5) is 24.7 Å². The monoisotopic (exact) mass is 627 g/mol. The lowest BCUT2D eigenvalue weighted by Crippen LogP contribution is -2.58. The van der Waals surface area contributed by atoms with Gasteiger partial charge in [-0.2, -0.15) is 28.4 Å². The Morgan fingerprint density at radius 2 is 1.89 bits per heavy atom. The van der Waals surface area contributed by atoms with Crippen LogP contribution in [0.3, 0.4) is 0 Å². The Labute approximate surface area is 258 Å². The van der Waals surface area contributed by atoms with Crippen molar-refractivity contribution in [1.29, 1.82) is 5.26 Å². The van der Waals surface area contributed by atoms with Crippen molar-refractivity contribution in [2.24, 2.45) is 0 Å². The quantitative estimate of drug-likeness (QED) is 0.385. The highest BCUT2D eigenvalue weighted by Gasteiger charge is 2.46. The van der Waals surface area contributed by atoms with Gasteiger partial charge in [-0.15, -0.1) is 0 Å². The highest BCUT2D eigenvalue weighted by molar-refractivity contribution is 6.36. The first kappa shape index (κ1) is 30.2. The Balaban J connectivity index is 1.33. The first-order chi connectivity index (χ1) is 21.1. The Morgan fingerprint density at radius 1 is 1.09 bits per heavy atom. The van der Waals surface area contributed by atoms with Gasteiger partial charge in [-0.3, -0.25) is 4.79 Å². The van der Waals surface area contributed by atoms with Gasteiger partial charge in [0.1, 0.15) is 12.4 Å². The van der Waals surface area contributed by atoms with Gasteiger partial charge in [0, 0.05) is 48.9 Å². The molecule has 0 aliphatic carbocycles. The van der Waals surface area contributed by atoms with Gasteiger partial charge in [0.2, 0.25) is 0 Å². The molecule has 0 radical (unpaired) electrons. The predicted molar refractivity (Wildman–Crippen MR) is 161 cm³/mol. The number of anilines is 2. The molecular formula is C31H33ClF3N7O2. The van der Waals surface area contributed by atoms with Gasteiger partial charge in [-0.05, 0) is 50.4 Å². The number of ether oxygens (including phenoxy) is 1. The van der Waals surface area contributed by atoms with Crippen LogP contribution in [0.5, 0.6) is 6.01 Å². The van der Waals surface area contributed by atoms with Crippen LogP contribution < -0.4 is 14.5 Å². The van der Waals surface area contributed by atoms with Crippen LogP contribution in [0.2, 0.25) is 5.02 Å².